The molecule has 1 aliphatic carbocycles. The van der Waals surface area contributed by atoms with Gasteiger partial charge in [0.1, 0.15) is 0 Å². The summed E-state index contributed by atoms with van der Waals surface area (Å²) in [5.74, 6) is 0.857. The van der Waals surface area contributed by atoms with E-state index in [2.05, 4.69) is 20.2 Å². The molecule has 0 aliphatic heterocycles. The van der Waals surface area contributed by atoms with Crippen molar-refractivity contribution in [3.8, 4) is 0 Å². The van der Waals surface area contributed by atoms with Crippen molar-refractivity contribution in [3.05, 3.63) is 0 Å². The summed E-state index contributed by atoms with van der Waals surface area (Å²) < 4.78 is 26.7. The predicted molar refractivity (Wildman–Crippen MR) is 81.0 cm³/mol. The lowest BCUT2D eigenvalue weighted by Crippen LogP contribution is -2.31. The number of hydrogen-bond acceptors (Lipinski definition) is 6. The smallest absolute Gasteiger partial charge is 0.269 e. The first-order valence-electron chi connectivity index (χ1n) is 6.59. The number of anilines is 1. The molecule has 7 nitrogen and oxygen atoms in total. The zero-order valence-corrected chi connectivity index (χ0v) is 13.9. The van der Waals surface area contributed by atoms with Crippen LogP contribution in [-0.4, -0.2) is 36.9 Å². The highest BCUT2D eigenvalue weighted by molar-refractivity contribution is 7.91. The number of rotatable bonds is 6. The molecule has 2 atom stereocenters. The fraction of sp³-hybridized carbons (Fsp3) is 0.727. The van der Waals surface area contributed by atoms with Gasteiger partial charge in [0.15, 0.2) is 0 Å². The fourth-order valence-electron chi connectivity index (χ4n) is 2.38. The quantitative estimate of drug-likeness (QED) is 0.595. The summed E-state index contributed by atoms with van der Waals surface area (Å²) in [4.78, 5) is 10.9. The number of alkyl halides is 1. The van der Waals surface area contributed by atoms with E-state index in [4.69, 9.17) is 11.6 Å². The molecule has 1 aromatic heterocycles. The van der Waals surface area contributed by atoms with E-state index >= 15 is 0 Å². The molecule has 0 bridgehead atoms. The lowest BCUT2D eigenvalue weighted by atomic mass is 9.98. The minimum absolute atomic E-state index is 0.147. The Balaban J connectivity index is 1.98. The second kappa shape index (κ2) is 6.99. The van der Waals surface area contributed by atoms with Crippen molar-refractivity contribution in [2.45, 2.75) is 30.5 Å². The maximum Gasteiger partial charge on any atom is 0.269 e. The third-order valence-corrected chi connectivity index (χ3v) is 6.50. The van der Waals surface area contributed by atoms with Gasteiger partial charge in [-0.2, -0.15) is 0 Å². The molecule has 0 spiro atoms. The molecule has 1 fully saturated rings. The monoisotopic (exact) mass is 352 g/mol. The maximum absolute atomic E-state index is 12.1. The van der Waals surface area contributed by atoms with Gasteiger partial charge in [0.25, 0.3) is 10.0 Å². The Kier molecular flexibility index (Phi) is 5.53. The summed E-state index contributed by atoms with van der Waals surface area (Å²) in [6, 6.07) is 0. The Bertz CT molecular complexity index is 604. The van der Waals surface area contributed by atoms with E-state index in [1.165, 1.54) is 6.92 Å². The molecule has 2 rings (SSSR count). The largest absolute Gasteiger partial charge is 0.301 e. The lowest BCUT2D eigenvalue weighted by molar-refractivity contribution is -0.114. The van der Waals surface area contributed by atoms with E-state index in [-0.39, 0.29) is 21.3 Å². The van der Waals surface area contributed by atoms with Gasteiger partial charge in [0.05, 0.1) is 0 Å². The average Bonchev–Trinajstić information content (AvgIpc) is 3.04. The lowest BCUT2D eigenvalue weighted by Gasteiger charge is -2.16. The average molecular weight is 353 g/mol. The summed E-state index contributed by atoms with van der Waals surface area (Å²) >= 11 is 6.71. The molecule has 1 aliphatic rings. The van der Waals surface area contributed by atoms with E-state index in [1.807, 2.05) is 0 Å². The van der Waals surface area contributed by atoms with Crippen molar-refractivity contribution in [1.29, 1.82) is 0 Å². The van der Waals surface area contributed by atoms with Gasteiger partial charge in [-0.05, 0) is 24.7 Å². The number of amides is 1. The van der Waals surface area contributed by atoms with Gasteiger partial charge in [-0.3, -0.25) is 4.79 Å². The van der Waals surface area contributed by atoms with Crippen LogP contribution in [0.3, 0.4) is 0 Å². The molecule has 2 unspecified atom stereocenters. The number of hydrogen-bond donors (Lipinski definition) is 2. The molecular formula is C11H17ClN4O3S2. The van der Waals surface area contributed by atoms with E-state index in [0.717, 1.165) is 30.6 Å². The van der Waals surface area contributed by atoms with Crippen LogP contribution in [0, 0.1) is 11.8 Å². The second-order valence-corrected chi connectivity index (χ2v) is 8.24. The van der Waals surface area contributed by atoms with Crippen LogP contribution >= 0.6 is 22.9 Å². The van der Waals surface area contributed by atoms with Crippen LogP contribution in [0.25, 0.3) is 0 Å². The van der Waals surface area contributed by atoms with Crippen LogP contribution in [-0.2, 0) is 14.8 Å². The number of nitrogens with zero attached hydrogens (tertiary/aromatic N) is 2. The molecule has 118 valence electrons. The number of nitrogens with one attached hydrogen (secondary N) is 2. The van der Waals surface area contributed by atoms with Crippen molar-refractivity contribution >= 4 is 44.0 Å². The van der Waals surface area contributed by atoms with Gasteiger partial charge >= 0.3 is 0 Å². The molecule has 10 heteroatoms. The predicted octanol–water partition coefficient (Wildman–Crippen LogP) is 1.43. The van der Waals surface area contributed by atoms with Gasteiger partial charge < -0.3 is 5.32 Å². The second-order valence-electron chi connectivity index (χ2n) is 5.01. The van der Waals surface area contributed by atoms with E-state index in [1.54, 1.807) is 0 Å². The third kappa shape index (κ3) is 4.35. The van der Waals surface area contributed by atoms with Gasteiger partial charge in [0.2, 0.25) is 15.4 Å². The summed E-state index contributed by atoms with van der Waals surface area (Å²) in [6.45, 7) is 1.68. The van der Waals surface area contributed by atoms with Gasteiger partial charge in [0, 0.05) is 19.3 Å². The zero-order valence-electron chi connectivity index (χ0n) is 11.5. The van der Waals surface area contributed by atoms with Crippen LogP contribution in [0.1, 0.15) is 26.2 Å². The first-order valence-corrected chi connectivity index (χ1v) is 9.42. The Labute approximate surface area is 132 Å². The minimum Gasteiger partial charge on any atom is -0.301 e. The number of halogens is 1. The van der Waals surface area contributed by atoms with Crippen LogP contribution < -0.4 is 10.0 Å². The first kappa shape index (κ1) is 16.6. The molecule has 0 saturated heterocycles. The zero-order chi connectivity index (χ0) is 15.5. The fourth-order valence-corrected chi connectivity index (χ4v) is 4.87. The van der Waals surface area contributed by atoms with Crippen molar-refractivity contribution in [3.63, 3.8) is 0 Å². The highest BCUT2D eigenvalue weighted by atomic mass is 35.5. The molecule has 1 amide bonds. The van der Waals surface area contributed by atoms with Crippen LogP contribution in [0.15, 0.2) is 4.34 Å². The number of sulfonamides is 1. The Morgan fingerprint density at radius 1 is 1.38 bits per heavy atom. The van der Waals surface area contributed by atoms with E-state index in [0.29, 0.717) is 18.3 Å². The summed E-state index contributed by atoms with van der Waals surface area (Å²) in [5.41, 5.74) is 0. The molecule has 2 N–H and O–H groups in total. The van der Waals surface area contributed by atoms with Crippen molar-refractivity contribution in [1.82, 2.24) is 14.9 Å². The molecular weight excluding hydrogens is 336 g/mol. The van der Waals surface area contributed by atoms with Gasteiger partial charge in [-0.25, -0.2) is 13.1 Å². The van der Waals surface area contributed by atoms with Gasteiger partial charge in [-0.15, -0.1) is 21.8 Å². The summed E-state index contributed by atoms with van der Waals surface area (Å²) in [6.07, 6.45) is 3.10. The molecule has 1 saturated carbocycles. The maximum atomic E-state index is 12.1. The van der Waals surface area contributed by atoms with Crippen molar-refractivity contribution in [2.24, 2.45) is 11.8 Å². The number of aromatic nitrogens is 2. The normalized spacial score (nSPS) is 22.4. The highest BCUT2D eigenvalue weighted by Gasteiger charge is 2.29. The summed E-state index contributed by atoms with van der Waals surface area (Å²) in [5, 5.41) is 9.81. The van der Waals surface area contributed by atoms with Crippen LogP contribution in [0.4, 0.5) is 5.13 Å². The number of carbonyl (C=O) groups is 1. The molecule has 1 heterocycles. The SMILES string of the molecule is CC(=O)Nc1nnc(S(=O)(=O)NCC2CCCC2CCl)s1. The van der Waals surface area contributed by atoms with Crippen LogP contribution in [0.5, 0.6) is 0 Å². The number of carbonyl (C=O) groups excluding carboxylic acids is 1. The third-order valence-electron chi connectivity index (χ3n) is 3.47. The highest BCUT2D eigenvalue weighted by Crippen LogP contribution is 2.32. The van der Waals surface area contributed by atoms with Crippen LogP contribution in [0.2, 0.25) is 0 Å². The molecule has 0 aromatic carbocycles. The minimum atomic E-state index is -3.69. The van der Waals surface area contributed by atoms with Crippen molar-refractivity contribution < 1.29 is 13.2 Å². The Hall–Kier alpha value is -0.770. The van der Waals surface area contributed by atoms with E-state index < -0.39 is 10.0 Å². The molecule has 21 heavy (non-hydrogen) atoms. The topological polar surface area (TPSA) is 101 Å². The van der Waals surface area contributed by atoms with Crippen molar-refractivity contribution in [2.75, 3.05) is 17.7 Å². The van der Waals surface area contributed by atoms with E-state index in [9.17, 15) is 13.2 Å². The Morgan fingerprint density at radius 3 is 2.76 bits per heavy atom. The Morgan fingerprint density at radius 2 is 2.10 bits per heavy atom. The standard InChI is InChI=1S/C11H17ClN4O3S2/c1-7(17)14-10-15-16-11(20-10)21(18,19)13-6-9-4-2-3-8(9)5-12/h8-9,13H,2-6H2,1H3,(H,14,15,17). The molecule has 0 radical (unpaired) electrons. The molecule has 1 aromatic rings. The first-order chi connectivity index (χ1) is 9.92. The van der Waals surface area contributed by atoms with Gasteiger partial charge in [-0.1, -0.05) is 17.8 Å². The summed E-state index contributed by atoms with van der Waals surface area (Å²) in [7, 11) is -3.69.